The van der Waals surface area contributed by atoms with Crippen molar-refractivity contribution in [3.05, 3.63) is 0 Å². The van der Waals surface area contributed by atoms with E-state index >= 15 is 0 Å². The van der Waals surface area contributed by atoms with E-state index in [1.165, 1.54) is 12.0 Å². The summed E-state index contributed by atoms with van der Waals surface area (Å²) in [7, 11) is 3.17. The molecule has 0 bridgehead atoms. The molecular weight excluding hydrogens is 172 g/mol. The smallest absolute Gasteiger partial charge is 0.409 e. The molecule has 0 radical (unpaired) electrons. The minimum absolute atomic E-state index is 0.367. The summed E-state index contributed by atoms with van der Waals surface area (Å²) in [5.41, 5.74) is -0.711. The quantitative estimate of drug-likeness (QED) is 0.621. The van der Waals surface area contributed by atoms with Gasteiger partial charge < -0.3 is 20.1 Å². The van der Waals surface area contributed by atoms with Crippen LogP contribution in [-0.4, -0.2) is 55.5 Å². The number of aliphatic hydroxyl groups is 1. The van der Waals surface area contributed by atoms with Crippen LogP contribution in [0.15, 0.2) is 0 Å². The van der Waals surface area contributed by atoms with E-state index in [-0.39, 0.29) is 6.09 Å². The molecule has 0 aromatic carbocycles. The highest BCUT2D eigenvalue weighted by atomic mass is 16.5. The molecular formula is C8H16N2O3. The first kappa shape index (κ1) is 10.3. The van der Waals surface area contributed by atoms with E-state index in [0.29, 0.717) is 19.5 Å². The first-order chi connectivity index (χ1) is 6.11. The Balaban J connectivity index is 2.26. The molecule has 0 aromatic rings. The monoisotopic (exact) mass is 188 g/mol. The van der Waals surface area contributed by atoms with E-state index in [2.05, 4.69) is 10.1 Å². The lowest BCUT2D eigenvalue weighted by Crippen LogP contribution is -2.64. The second-order valence-corrected chi connectivity index (χ2v) is 3.40. The van der Waals surface area contributed by atoms with Gasteiger partial charge in [0.2, 0.25) is 0 Å². The Morgan fingerprint density at radius 3 is 2.77 bits per heavy atom. The Labute approximate surface area is 77.7 Å². The highest BCUT2D eigenvalue weighted by Gasteiger charge is 2.43. The SMILES string of the molecule is CNCCC1(O)CN(C(=O)OC)C1. The van der Waals surface area contributed by atoms with Crippen molar-refractivity contribution in [2.75, 3.05) is 33.8 Å². The fourth-order valence-electron chi connectivity index (χ4n) is 1.44. The topological polar surface area (TPSA) is 61.8 Å². The summed E-state index contributed by atoms with van der Waals surface area (Å²) in [6.07, 6.45) is 0.297. The van der Waals surface area contributed by atoms with E-state index in [1.54, 1.807) is 0 Å². The molecule has 0 spiro atoms. The summed E-state index contributed by atoms with van der Waals surface area (Å²) < 4.78 is 4.51. The third kappa shape index (κ3) is 2.32. The normalized spacial score (nSPS) is 19.5. The van der Waals surface area contributed by atoms with Crippen LogP contribution in [0, 0.1) is 0 Å². The van der Waals surface area contributed by atoms with Gasteiger partial charge >= 0.3 is 6.09 Å². The van der Waals surface area contributed by atoms with Crippen LogP contribution in [0.1, 0.15) is 6.42 Å². The third-order valence-corrected chi connectivity index (χ3v) is 2.24. The Kier molecular flexibility index (Phi) is 3.11. The van der Waals surface area contributed by atoms with Crippen LogP contribution < -0.4 is 5.32 Å². The Morgan fingerprint density at radius 2 is 2.31 bits per heavy atom. The highest BCUT2D eigenvalue weighted by Crippen LogP contribution is 2.24. The molecule has 13 heavy (non-hydrogen) atoms. The summed E-state index contributed by atoms with van der Waals surface area (Å²) >= 11 is 0. The molecule has 0 unspecified atom stereocenters. The zero-order valence-corrected chi connectivity index (χ0v) is 8.04. The fourth-order valence-corrected chi connectivity index (χ4v) is 1.44. The van der Waals surface area contributed by atoms with E-state index in [4.69, 9.17) is 0 Å². The molecule has 0 saturated carbocycles. The molecule has 1 amide bonds. The number of likely N-dealkylation sites (tertiary alicyclic amines) is 1. The number of ether oxygens (including phenoxy) is 1. The number of hydrogen-bond acceptors (Lipinski definition) is 4. The molecule has 1 heterocycles. The Hall–Kier alpha value is -0.810. The van der Waals surface area contributed by atoms with Gasteiger partial charge in [-0.25, -0.2) is 4.79 Å². The maximum Gasteiger partial charge on any atom is 0.409 e. The minimum Gasteiger partial charge on any atom is -0.453 e. The van der Waals surface area contributed by atoms with E-state index in [1.807, 2.05) is 7.05 Å². The van der Waals surface area contributed by atoms with Crippen LogP contribution >= 0.6 is 0 Å². The standard InChI is InChI=1S/C8H16N2O3/c1-9-4-3-8(12)5-10(6-8)7(11)13-2/h9,12H,3-6H2,1-2H3. The van der Waals surface area contributed by atoms with Gasteiger partial charge in [0.05, 0.1) is 20.2 Å². The molecule has 0 atom stereocenters. The number of carbonyl (C=O) groups excluding carboxylic acids is 1. The van der Waals surface area contributed by atoms with Crippen molar-refractivity contribution in [1.82, 2.24) is 10.2 Å². The second-order valence-electron chi connectivity index (χ2n) is 3.40. The molecule has 76 valence electrons. The summed E-state index contributed by atoms with van der Waals surface area (Å²) in [4.78, 5) is 12.4. The molecule has 1 aliphatic heterocycles. The van der Waals surface area contributed by atoms with Gasteiger partial charge in [0.15, 0.2) is 0 Å². The van der Waals surface area contributed by atoms with E-state index in [9.17, 15) is 9.90 Å². The predicted molar refractivity (Wildman–Crippen MR) is 47.5 cm³/mol. The number of carbonyl (C=O) groups is 1. The molecule has 5 nitrogen and oxygen atoms in total. The molecule has 1 fully saturated rings. The van der Waals surface area contributed by atoms with Gasteiger partial charge in [-0.3, -0.25) is 0 Å². The number of methoxy groups -OCH3 is 1. The van der Waals surface area contributed by atoms with Gasteiger partial charge in [-0.05, 0) is 20.0 Å². The van der Waals surface area contributed by atoms with Gasteiger partial charge in [-0.15, -0.1) is 0 Å². The number of nitrogens with zero attached hydrogens (tertiary/aromatic N) is 1. The molecule has 0 aliphatic carbocycles. The van der Waals surface area contributed by atoms with Gasteiger partial charge in [0, 0.05) is 0 Å². The van der Waals surface area contributed by atoms with Crippen molar-refractivity contribution in [3.63, 3.8) is 0 Å². The van der Waals surface area contributed by atoms with Crippen LogP contribution in [0.3, 0.4) is 0 Å². The average Bonchev–Trinajstić information content (AvgIpc) is 2.09. The zero-order valence-electron chi connectivity index (χ0n) is 8.04. The Morgan fingerprint density at radius 1 is 1.69 bits per heavy atom. The van der Waals surface area contributed by atoms with Crippen LogP contribution in [-0.2, 0) is 4.74 Å². The predicted octanol–water partition coefficient (Wildman–Crippen LogP) is -0.591. The summed E-state index contributed by atoms with van der Waals surface area (Å²) in [6, 6.07) is 0. The lowest BCUT2D eigenvalue weighted by atomic mass is 9.91. The van der Waals surface area contributed by atoms with Crippen LogP contribution in [0.5, 0.6) is 0 Å². The molecule has 2 N–H and O–H groups in total. The summed E-state index contributed by atoms with van der Waals surface area (Å²) in [6.45, 7) is 1.51. The molecule has 1 aliphatic rings. The number of rotatable bonds is 3. The van der Waals surface area contributed by atoms with E-state index < -0.39 is 5.60 Å². The lowest BCUT2D eigenvalue weighted by Gasteiger charge is -2.45. The molecule has 1 saturated heterocycles. The van der Waals surface area contributed by atoms with Gasteiger partial charge in [0.1, 0.15) is 5.60 Å². The van der Waals surface area contributed by atoms with Gasteiger partial charge in [0.25, 0.3) is 0 Å². The Bertz CT molecular complexity index is 190. The van der Waals surface area contributed by atoms with Crippen molar-refractivity contribution in [2.24, 2.45) is 0 Å². The van der Waals surface area contributed by atoms with Crippen LogP contribution in [0.4, 0.5) is 4.79 Å². The fraction of sp³-hybridized carbons (Fsp3) is 0.875. The zero-order chi connectivity index (χ0) is 9.90. The van der Waals surface area contributed by atoms with Crippen LogP contribution in [0.25, 0.3) is 0 Å². The number of amides is 1. The van der Waals surface area contributed by atoms with Crippen LogP contribution in [0.2, 0.25) is 0 Å². The lowest BCUT2D eigenvalue weighted by molar-refractivity contribution is -0.0903. The first-order valence-corrected chi connectivity index (χ1v) is 4.31. The molecule has 5 heteroatoms. The second kappa shape index (κ2) is 3.93. The van der Waals surface area contributed by atoms with Gasteiger partial charge in [-0.2, -0.15) is 0 Å². The maximum atomic E-state index is 10.9. The molecule has 1 rings (SSSR count). The number of nitrogens with one attached hydrogen (secondary N) is 1. The van der Waals surface area contributed by atoms with Crippen molar-refractivity contribution < 1.29 is 14.6 Å². The average molecular weight is 188 g/mol. The van der Waals surface area contributed by atoms with Crippen molar-refractivity contribution in [3.8, 4) is 0 Å². The van der Waals surface area contributed by atoms with Crippen molar-refractivity contribution in [1.29, 1.82) is 0 Å². The third-order valence-electron chi connectivity index (χ3n) is 2.24. The summed E-state index contributed by atoms with van der Waals surface area (Å²) in [5, 5.41) is 12.7. The highest BCUT2D eigenvalue weighted by molar-refractivity contribution is 5.68. The number of hydrogen-bond donors (Lipinski definition) is 2. The number of β-amino-alcohol motifs (C(OH)–C–C–N with tert-alkyl or cyclic N) is 1. The largest absolute Gasteiger partial charge is 0.453 e. The molecule has 0 aromatic heterocycles. The van der Waals surface area contributed by atoms with Gasteiger partial charge in [-0.1, -0.05) is 0 Å². The summed E-state index contributed by atoms with van der Waals surface area (Å²) in [5.74, 6) is 0. The maximum absolute atomic E-state index is 10.9. The minimum atomic E-state index is -0.711. The van der Waals surface area contributed by atoms with Crippen molar-refractivity contribution in [2.45, 2.75) is 12.0 Å². The van der Waals surface area contributed by atoms with Crippen molar-refractivity contribution >= 4 is 6.09 Å². The first-order valence-electron chi connectivity index (χ1n) is 4.31. The van der Waals surface area contributed by atoms with E-state index in [0.717, 1.165) is 6.54 Å².